The first kappa shape index (κ1) is 14.7. The number of hydrogen-bond acceptors (Lipinski definition) is 2. The summed E-state index contributed by atoms with van der Waals surface area (Å²) in [5.41, 5.74) is 1.92. The molecule has 0 aliphatic heterocycles. The van der Waals surface area contributed by atoms with Crippen LogP contribution in [0.5, 0.6) is 0 Å². The van der Waals surface area contributed by atoms with E-state index in [9.17, 15) is 9.18 Å². The highest BCUT2D eigenvalue weighted by atomic mass is 19.1. The maximum atomic E-state index is 13.3. The topological polar surface area (TPSA) is 33.2 Å². The molecule has 4 heteroatoms. The van der Waals surface area contributed by atoms with E-state index in [4.69, 9.17) is 0 Å². The molecule has 0 N–H and O–H groups in total. The fourth-order valence-electron chi connectivity index (χ4n) is 2.58. The minimum atomic E-state index is -0.254. The van der Waals surface area contributed by atoms with E-state index in [-0.39, 0.29) is 11.7 Å². The molecule has 1 aliphatic carbocycles. The summed E-state index contributed by atoms with van der Waals surface area (Å²) in [5, 5.41) is 0. The number of hydrogen-bond donors (Lipinski definition) is 0. The van der Waals surface area contributed by atoms with Crippen molar-refractivity contribution in [3.8, 4) is 0 Å². The average Bonchev–Trinajstić information content (AvgIpc) is 3.36. The van der Waals surface area contributed by atoms with Gasteiger partial charge in [-0.2, -0.15) is 0 Å². The zero-order valence-corrected chi connectivity index (χ0v) is 12.4. The van der Waals surface area contributed by atoms with Gasteiger partial charge in [0, 0.05) is 31.4 Å². The van der Waals surface area contributed by atoms with Gasteiger partial charge in [-0.1, -0.05) is 18.2 Å². The molecule has 0 spiro atoms. The van der Waals surface area contributed by atoms with Crippen molar-refractivity contribution in [2.24, 2.45) is 0 Å². The summed E-state index contributed by atoms with van der Waals surface area (Å²) in [7, 11) is 0. The van der Waals surface area contributed by atoms with Gasteiger partial charge in [-0.15, -0.1) is 0 Å². The van der Waals surface area contributed by atoms with Crippen molar-refractivity contribution in [2.75, 3.05) is 0 Å². The lowest BCUT2D eigenvalue weighted by atomic mass is 10.1. The number of nitrogens with zero attached hydrogens (tertiary/aromatic N) is 2. The van der Waals surface area contributed by atoms with E-state index in [2.05, 4.69) is 4.98 Å². The standard InChI is InChI=1S/C18H19FN2O/c19-16-5-1-3-15(11-16)13-21(17-7-8-17)18(22)9-6-14-4-2-10-20-12-14/h1-5,10-12,17H,6-9,13H2. The first-order valence-corrected chi connectivity index (χ1v) is 7.65. The minimum Gasteiger partial charge on any atom is -0.335 e. The van der Waals surface area contributed by atoms with Crippen molar-refractivity contribution in [2.45, 2.75) is 38.3 Å². The molecular formula is C18H19FN2O. The minimum absolute atomic E-state index is 0.135. The van der Waals surface area contributed by atoms with E-state index in [1.54, 1.807) is 18.5 Å². The molecule has 1 saturated carbocycles. The van der Waals surface area contributed by atoms with Crippen molar-refractivity contribution in [1.29, 1.82) is 0 Å². The van der Waals surface area contributed by atoms with Gasteiger partial charge in [0.1, 0.15) is 5.82 Å². The van der Waals surface area contributed by atoms with Crippen LogP contribution < -0.4 is 0 Å². The van der Waals surface area contributed by atoms with Crippen molar-refractivity contribution in [3.05, 3.63) is 65.7 Å². The van der Waals surface area contributed by atoms with Crippen LogP contribution in [0.3, 0.4) is 0 Å². The van der Waals surface area contributed by atoms with E-state index >= 15 is 0 Å². The number of pyridine rings is 1. The maximum absolute atomic E-state index is 13.3. The molecule has 1 aliphatic rings. The predicted molar refractivity (Wildman–Crippen MR) is 82.5 cm³/mol. The maximum Gasteiger partial charge on any atom is 0.223 e. The molecule has 1 aromatic heterocycles. The largest absolute Gasteiger partial charge is 0.335 e. The highest BCUT2D eigenvalue weighted by Gasteiger charge is 2.32. The second kappa shape index (κ2) is 6.69. The van der Waals surface area contributed by atoms with Crippen LogP contribution in [-0.4, -0.2) is 21.8 Å². The van der Waals surface area contributed by atoms with Gasteiger partial charge in [0.25, 0.3) is 0 Å². The van der Waals surface area contributed by atoms with Gasteiger partial charge in [0.15, 0.2) is 0 Å². The summed E-state index contributed by atoms with van der Waals surface area (Å²) in [6.07, 6.45) is 6.78. The van der Waals surface area contributed by atoms with Crippen LogP contribution >= 0.6 is 0 Å². The van der Waals surface area contributed by atoms with Crippen molar-refractivity contribution in [1.82, 2.24) is 9.88 Å². The Balaban J connectivity index is 1.62. The number of halogens is 1. The second-order valence-electron chi connectivity index (χ2n) is 5.74. The van der Waals surface area contributed by atoms with Crippen LogP contribution in [0, 0.1) is 5.82 Å². The third-order valence-electron chi connectivity index (χ3n) is 3.90. The lowest BCUT2D eigenvalue weighted by Gasteiger charge is -2.22. The molecule has 22 heavy (non-hydrogen) atoms. The van der Waals surface area contributed by atoms with Crippen LogP contribution in [0.15, 0.2) is 48.8 Å². The van der Waals surface area contributed by atoms with Gasteiger partial charge < -0.3 is 4.90 Å². The molecule has 114 valence electrons. The fraction of sp³-hybridized carbons (Fsp3) is 0.333. The molecule has 0 saturated heterocycles. The quantitative estimate of drug-likeness (QED) is 0.819. The van der Waals surface area contributed by atoms with E-state index < -0.39 is 0 Å². The summed E-state index contributed by atoms with van der Waals surface area (Å²) in [6, 6.07) is 10.7. The summed E-state index contributed by atoms with van der Waals surface area (Å²) < 4.78 is 13.3. The number of benzene rings is 1. The summed E-state index contributed by atoms with van der Waals surface area (Å²) in [4.78, 5) is 18.5. The first-order chi connectivity index (χ1) is 10.7. The zero-order chi connectivity index (χ0) is 15.4. The Labute approximate surface area is 129 Å². The Hall–Kier alpha value is -2.23. The summed E-state index contributed by atoms with van der Waals surface area (Å²) in [5.74, 6) is -0.119. The Morgan fingerprint density at radius 2 is 2.05 bits per heavy atom. The average molecular weight is 298 g/mol. The highest BCUT2D eigenvalue weighted by molar-refractivity contribution is 5.77. The Morgan fingerprint density at radius 1 is 1.23 bits per heavy atom. The smallest absolute Gasteiger partial charge is 0.223 e. The SMILES string of the molecule is O=C(CCc1cccnc1)N(Cc1cccc(F)c1)C1CC1. The molecule has 1 aromatic carbocycles. The van der Waals surface area contributed by atoms with Gasteiger partial charge in [-0.25, -0.2) is 4.39 Å². The number of rotatable bonds is 6. The van der Waals surface area contributed by atoms with Crippen LogP contribution in [0.1, 0.15) is 30.4 Å². The predicted octanol–water partition coefficient (Wildman–Crippen LogP) is 3.34. The molecule has 3 rings (SSSR count). The Kier molecular flexibility index (Phi) is 4.47. The number of aromatic nitrogens is 1. The normalized spacial score (nSPS) is 13.9. The second-order valence-corrected chi connectivity index (χ2v) is 5.74. The Bertz CT molecular complexity index is 641. The molecule has 1 fully saturated rings. The van der Waals surface area contributed by atoms with Crippen LogP contribution in [0.2, 0.25) is 0 Å². The van der Waals surface area contributed by atoms with Crippen molar-refractivity contribution >= 4 is 5.91 Å². The van der Waals surface area contributed by atoms with Gasteiger partial charge in [0.2, 0.25) is 5.91 Å². The van der Waals surface area contributed by atoms with E-state index in [0.29, 0.717) is 25.4 Å². The number of carbonyl (C=O) groups excluding carboxylic acids is 1. The van der Waals surface area contributed by atoms with Gasteiger partial charge in [-0.3, -0.25) is 9.78 Å². The number of amides is 1. The summed E-state index contributed by atoms with van der Waals surface area (Å²) >= 11 is 0. The van der Waals surface area contributed by atoms with E-state index in [1.165, 1.54) is 12.1 Å². The molecule has 0 unspecified atom stereocenters. The Morgan fingerprint density at radius 3 is 2.73 bits per heavy atom. The monoisotopic (exact) mass is 298 g/mol. The molecular weight excluding hydrogens is 279 g/mol. The highest BCUT2D eigenvalue weighted by Crippen LogP contribution is 2.29. The summed E-state index contributed by atoms with van der Waals surface area (Å²) in [6.45, 7) is 0.494. The third kappa shape index (κ3) is 3.91. The van der Waals surface area contributed by atoms with Gasteiger partial charge in [0.05, 0.1) is 0 Å². The molecule has 0 radical (unpaired) electrons. The van der Waals surface area contributed by atoms with Crippen molar-refractivity contribution in [3.63, 3.8) is 0 Å². The first-order valence-electron chi connectivity index (χ1n) is 7.65. The lowest BCUT2D eigenvalue weighted by molar-refractivity contribution is -0.132. The molecule has 3 nitrogen and oxygen atoms in total. The molecule has 2 aromatic rings. The van der Waals surface area contributed by atoms with Gasteiger partial charge >= 0.3 is 0 Å². The third-order valence-corrected chi connectivity index (χ3v) is 3.90. The van der Waals surface area contributed by atoms with Crippen LogP contribution in [0.4, 0.5) is 4.39 Å². The van der Waals surface area contributed by atoms with Crippen LogP contribution in [-0.2, 0) is 17.8 Å². The molecule has 0 bridgehead atoms. The fourth-order valence-corrected chi connectivity index (χ4v) is 2.58. The molecule has 1 heterocycles. The molecule has 1 amide bonds. The van der Waals surface area contributed by atoms with E-state index in [1.807, 2.05) is 23.1 Å². The zero-order valence-electron chi connectivity index (χ0n) is 12.4. The van der Waals surface area contributed by atoms with Crippen LogP contribution in [0.25, 0.3) is 0 Å². The number of aryl methyl sites for hydroxylation is 1. The number of carbonyl (C=O) groups is 1. The van der Waals surface area contributed by atoms with Crippen molar-refractivity contribution < 1.29 is 9.18 Å². The van der Waals surface area contributed by atoms with E-state index in [0.717, 1.165) is 24.0 Å². The lowest BCUT2D eigenvalue weighted by Crippen LogP contribution is -2.32. The van der Waals surface area contributed by atoms with Gasteiger partial charge in [-0.05, 0) is 48.6 Å². The molecule has 0 atom stereocenters.